The fourth-order valence-electron chi connectivity index (χ4n) is 8.13. The molecule has 144 valence electrons. The van der Waals surface area contributed by atoms with Crippen LogP contribution in [-0.4, -0.2) is 29.4 Å². The highest BCUT2D eigenvalue weighted by atomic mass is 16.5. The molecule has 6 bridgehead atoms. The van der Waals surface area contributed by atoms with Gasteiger partial charge in [0, 0.05) is 29.7 Å². The van der Waals surface area contributed by atoms with Crippen LogP contribution in [0, 0.1) is 34.5 Å². The minimum absolute atomic E-state index is 0.000556. The first-order valence-corrected chi connectivity index (χ1v) is 10.7. The van der Waals surface area contributed by atoms with E-state index < -0.39 is 5.97 Å². The van der Waals surface area contributed by atoms with Crippen LogP contribution in [0.1, 0.15) is 65.7 Å². The third kappa shape index (κ3) is 1.95. The van der Waals surface area contributed by atoms with E-state index >= 15 is 0 Å². The summed E-state index contributed by atoms with van der Waals surface area (Å²) >= 11 is 0. The molecule has 4 nitrogen and oxygen atoms in total. The van der Waals surface area contributed by atoms with Gasteiger partial charge in [-0.1, -0.05) is 32.4 Å². The summed E-state index contributed by atoms with van der Waals surface area (Å²) in [5.41, 5.74) is 1.80. The fraction of sp³-hybridized carbons (Fsp3) is 0.864. The van der Waals surface area contributed by atoms with Gasteiger partial charge in [-0.15, -0.1) is 0 Å². The number of nitrogens with one attached hydrogen (secondary N) is 1. The molecule has 0 spiro atoms. The van der Waals surface area contributed by atoms with Crippen molar-refractivity contribution in [2.24, 2.45) is 34.5 Å². The maximum Gasteiger partial charge on any atom is 0.303 e. The van der Waals surface area contributed by atoms with Gasteiger partial charge in [-0.25, -0.2) is 0 Å². The fourth-order valence-corrected chi connectivity index (χ4v) is 8.13. The van der Waals surface area contributed by atoms with E-state index in [1.54, 1.807) is 5.57 Å². The van der Waals surface area contributed by atoms with Crippen LogP contribution in [-0.2, 0) is 9.53 Å². The maximum atomic E-state index is 11.6. The van der Waals surface area contributed by atoms with E-state index in [1.165, 1.54) is 25.7 Å². The number of carbonyl (C=O) groups is 1. The SMILES string of the molecule is CC(C)C1C2CC3(C)C4CC[C@H]5CCC=C5[C@]3(CCC(=O)O)[C@@H]1N[C@H]4O2. The first kappa shape index (κ1) is 17.2. The van der Waals surface area contributed by atoms with Crippen molar-refractivity contribution in [3.8, 4) is 0 Å². The number of carboxylic acid groups (broad SMARTS) is 1. The molecule has 3 aliphatic heterocycles. The first-order chi connectivity index (χ1) is 12.4. The molecule has 3 aliphatic carbocycles. The lowest BCUT2D eigenvalue weighted by Gasteiger charge is -2.73. The molecular formula is C22H33NO3. The van der Waals surface area contributed by atoms with Crippen molar-refractivity contribution in [1.82, 2.24) is 5.32 Å². The van der Waals surface area contributed by atoms with Crippen molar-refractivity contribution in [3.63, 3.8) is 0 Å². The molecule has 2 N–H and O–H groups in total. The number of carboxylic acids is 1. The van der Waals surface area contributed by atoms with Crippen molar-refractivity contribution in [1.29, 1.82) is 0 Å². The van der Waals surface area contributed by atoms with Crippen LogP contribution in [0.15, 0.2) is 11.6 Å². The van der Waals surface area contributed by atoms with Crippen molar-refractivity contribution in [3.05, 3.63) is 11.6 Å². The lowest BCUT2D eigenvalue weighted by atomic mass is 9.40. The van der Waals surface area contributed by atoms with Crippen LogP contribution in [0.25, 0.3) is 0 Å². The Balaban J connectivity index is 1.70. The smallest absolute Gasteiger partial charge is 0.303 e. The zero-order chi connectivity index (χ0) is 18.3. The van der Waals surface area contributed by atoms with E-state index in [9.17, 15) is 9.90 Å². The summed E-state index contributed by atoms with van der Waals surface area (Å²) in [4.78, 5) is 11.6. The highest BCUT2D eigenvalue weighted by Gasteiger charge is 2.73. The van der Waals surface area contributed by atoms with Gasteiger partial charge >= 0.3 is 5.97 Å². The third-order valence-electron chi connectivity index (χ3n) is 9.00. The molecule has 0 aromatic carbocycles. The largest absolute Gasteiger partial charge is 0.481 e. The molecular weight excluding hydrogens is 326 g/mol. The van der Waals surface area contributed by atoms with Crippen molar-refractivity contribution >= 4 is 5.97 Å². The molecule has 2 saturated carbocycles. The van der Waals surface area contributed by atoms with Crippen LogP contribution < -0.4 is 5.32 Å². The number of allylic oxidation sites excluding steroid dienone is 1. The molecule has 3 heterocycles. The summed E-state index contributed by atoms with van der Waals surface area (Å²) in [5, 5.41) is 13.5. The number of aliphatic carboxylic acids is 1. The summed E-state index contributed by atoms with van der Waals surface area (Å²) in [6, 6.07) is 0.366. The zero-order valence-electron chi connectivity index (χ0n) is 16.3. The average molecular weight is 360 g/mol. The Kier molecular flexibility index (Phi) is 3.70. The lowest BCUT2D eigenvalue weighted by Crippen LogP contribution is -2.79. The summed E-state index contributed by atoms with van der Waals surface area (Å²) < 4.78 is 6.55. The van der Waals surface area contributed by atoms with E-state index in [-0.39, 0.29) is 23.5 Å². The molecule has 3 saturated heterocycles. The van der Waals surface area contributed by atoms with Crippen molar-refractivity contribution < 1.29 is 14.6 Å². The van der Waals surface area contributed by atoms with Crippen LogP contribution in [0.4, 0.5) is 0 Å². The Hall–Kier alpha value is -0.870. The van der Waals surface area contributed by atoms with Gasteiger partial charge in [-0.2, -0.15) is 0 Å². The maximum absolute atomic E-state index is 11.6. The molecule has 26 heavy (non-hydrogen) atoms. The number of piperidine rings is 1. The van der Waals surface area contributed by atoms with E-state index in [1.807, 2.05) is 0 Å². The molecule has 0 radical (unpaired) electrons. The molecule has 6 aliphatic rings. The second-order valence-corrected chi connectivity index (χ2v) is 10.2. The molecule has 0 amide bonds. The minimum Gasteiger partial charge on any atom is -0.481 e. The third-order valence-corrected chi connectivity index (χ3v) is 9.00. The van der Waals surface area contributed by atoms with E-state index in [2.05, 4.69) is 32.2 Å². The molecule has 0 aromatic rings. The van der Waals surface area contributed by atoms with E-state index in [0.29, 0.717) is 35.8 Å². The van der Waals surface area contributed by atoms with E-state index in [4.69, 9.17) is 4.74 Å². The molecule has 6 rings (SSSR count). The second-order valence-electron chi connectivity index (χ2n) is 10.2. The quantitative estimate of drug-likeness (QED) is 0.746. The Bertz CT molecular complexity index is 658. The Labute approximate surface area is 156 Å². The molecule has 5 fully saturated rings. The van der Waals surface area contributed by atoms with Gasteiger partial charge in [0.1, 0.15) is 6.23 Å². The van der Waals surface area contributed by atoms with Crippen molar-refractivity contribution in [2.45, 2.75) is 84.1 Å². The predicted octanol–water partition coefficient (Wildman–Crippen LogP) is 3.96. The monoisotopic (exact) mass is 359 g/mol. The molecule has 4 unspecified atom stereocenters. The Morgan fingerprint density at radius 3 is 2.92 bits per heavy atom. The van der Waals surface area contributed by atoms with E-state index in [0.717, 1.165) is 12.8 Å². The van der Waals surface area contributed by atoms with Gasteiger partial charge in [-0.3, -0.25) is 10.1 Å². The summed E-state index contributed by atoms with van der Waals surface area (Å²) in [6.07, 6.45) is 10.1. The Morgan fingerprint density at radius 1 is 1.38 bits per heavy atom. The second kappa shape index (κ2) is 5.57. The standard InChI is InChI=1S/C22H33NO3/c1-12(2)18-16-11-21(3)15-8-7-13-5-4-6-14(13)22(21,10-9-17(24)25)19(18)23-20(15)26-16/h6,12-13,15-16,18-20,23H,4-5,7-11H2,1-3H3,(H,24,25)/t13-,15?,16?,18?,19-,20+,21?,22-/m1/s1. The number of ether oxygens (including phenoxy) is 1. The van der Waals surface area contributed by atoms with Crippen LogP contribution in [0.2, 0.25) is 0 Å². The summed E-state index contributed by atoms with van der Waals surface area (Å²) in [7, 11) is 0. The average Bonchev–Trinajstić information content (AvgIpc) is 2.99. The molecule has 0 aromatic heterocycles. The number of fused-ring (bicyclic) bond motifs is 1. The number of hydrogen-bond acceptors (Lipinski definition) is 3. The van der Waals surface area contributed by atoms with Gasteiger partial charge < -0.3 is 9.84 Å². The van der Waals surface area contributed by atoms with Gasteiger partial charge in [0.2, 0.25) is 0 Å². The highest BCUT2D eigenvalue weighted by Crippen LogP contribution is 2.72. The number of rotatable bonds is 4. The molecule has 4 heteroatoms. The molecule has 8 atom stereocenters. The van der Waals surface area contributed by atoms with Gasteiger partial charge in [0.25, 0.3) is 0 Å². The van der Waals surface area contributed by atoms with Crippen LogP contribution in [0.5, 0.6) is 0 Å². The number of hydrogen-bond donors (Lipinski definition) is 2. The summed E-state index contributed by atoms with van der Waals surface area (Å²) in [6.45, 7) is 7.13. The highest BCUT2D eigenvalue weighted by molar-refractivity contribution is 5.67. The zero-order valence-corrected chi connectivity index (χ0v) is 16.3. The van der Waals surface area contributed by atoms with Crippen LogP contribution in [0.3, 0.4) is 0 Å². The Morgan fingerprint density at radius 2 is 2.19 bits per heavy atom. The van der Waals surface area contributed by atoms with Crippen molar-refractivity contribution in [2.75, 3.05) is 0 Å². The van der Waals surface area contributed by atoms with Gasteiger partial charge in [0.05, 0.1) is 6.10 Å². The van der Waals surface area contributed by atoms with Gasteiger partial charge in [-0.05, 0) is 55.8 Å². The normalized spacial score (nSPS) is 51.3. The topological polar surface area (TPSA) is 58.6 Å². The van der Waals surface area contributed by atoms with Gasteiger partial charge in [0.15, 0.2) is 0 Å². The summed E-state index contributed by atoms with van der Waals surface area (Å²) in [5.74, 6) is 1.56. The lowest BCUT2D eigenvalue weighted by molar-refractivity contribution is -0.300. The van der Waals surface area contributed by atoms with Crippen LogP contribution >= 0.6 is 0 Å². The first-order valence-electron chi connectivity index (χ1n) is 10.7. The minimum atomic E-state index is -0.648. The predicted molar refractivity (Wildman–Crippen MR) is 99.5 cm³/mol.